The lowest BCUT2D eigenvalue weighted by Crippen LogP contribution is -2.15. The van der Waals surface area contributed by atoms with Crippen molar-refractivity contribution in [1.82, 2.24) is 0 Å². The van der Waals surface area contributed by atoms with Gasteiger partial charge in [0.15, 0.2) is 0 Å². The number of carbonyl (C=O) groups is 2. The molecule has 0 aliphatic heterocycles. The molecule has 0 heterocycles. The monoisotopic (exact) mass is 253 g/mol. The Labute approximate surface area is 84.3 Å². The van der Waals surface area contributed by atoms with Crippen molar-refractivity contribution < 1.29 is 19.8 Å². The minimum Gasteiger partial charge on any atom is -0.472 e. The van der Waals surface area contributed by atoms with Crippen LogP contribution in [0, 0.1) is 0 Å². The normalized spacial score (nSPS) is 11.3. The van der Waals surface area contributed by atoms with E-state index in [2.05, 4.69) is 4.36 Å². The SMILES string of the molecule is O=C(O)S(=NC(Cl)(Cl)Cl)C(=O)O. The summed E-state index contributed by atoms with van der Waals surface area (Å²) in [7, 11) is -2.33. The van der Waals surface area contributed by atoms with Crippen LogP contribution in [0.4, 0.5) is 9.59 Å². The van der Waals surface area contributed by atoms with Crippen molar-refractivity contribution in [1.29, 1.82) is 0 Å². The van der Waals surface area contributed by atoms with Gasteiger partial charge in [0.2, 0.25) is 0 Å². The van der Waals surface area contributed by atoms with Gasteiger partial charge in [0, 0.05) is 0 Å². The van der Waals surface area contributed by atoms with Crippen molar-refractivity contribution in [3.05, 3.63) is 0 Å². The Morgan fingerprint density at radius 1 is 1.17 bits per heavy atom. The number of rotatable bonds is 0. The molecule has 0 rings (SSSR count). The van der Waals surface area contributed by atoms with E-state index in [4.69, 9.17) is 45.0 Å². The van der Waals surface area contributed by atoms with Gasteiger partial charge in [-0.2, -0.15) is 4.36 Å². The number of alkyl halides is 3. The molecule has 0 radical (unpaired) electrons. The van der Waals surface area contributed by atoms with Crippen LogP contribution in [-0.4, -0.2) is 24.7 Å². The second-order valence-electron chi connectivity index (χ2n) is 1.38. The molecule has 0 aromatic carbocycles. The van der Waals surface area contributed by atoms with Gasteiger partial charge in [-0.1, -0.05) is 34.8 Å². The molecule has 5 nitrogen and oxygen atoms in total. The average Bonchev–Trinajstić information content (AvgIpc) is 1.79. The lowest BCUT2D eigenvalue weighted by molar-refractivity contribution is 0.216. The molecule has 0 saturated carbocycles. The van der Waals surface area contributed by atoms with E-state index in [1.807, 2.05) is 0 Å². The Hall–Kier alpha value is -0.0400. The summed E-state index contributed by atoms with van der Waals surface area (Å²) in [4.78, 5) is 20.4. The third-order valence-electron chi connectivity index (χ3n) is 0.526. The predicted molar refractivity (Wildman–Crippen MR) is 46.1 cm³/mol. The molecule has 0 fully saturated rings. The quantitative estimate of drug-likeness (QED) is 0.513. The van der Waals surface area contributed by atoms with Gasteiger partial charge < -0.3 is 10.2 Å². The van der Waals surface area contributed by atoms with Gasteiger partial charge in [0.1, 0.15) is 10.7 Å². The summed E-state index contributed by atoms with van der Waals surface area (Å²) in [5, 5.41) is 13.2. The van der Waals surface area contributed by atoms with Crippen LogP contribution >= 0.6 is 34.8 Å². The number of carboxylic acid groups (broad SMARTS) is 2. The summed E-state index contributed by atoms with van der Waals surface area (Å²) < 4.78 is 0.711. The first-order valence-corrected chi connectivity index (χ1v) is 4.55. The first-order valence-electron chi connectivity index (χ1n) is 2.24. The largest absolute Gasteiger partial charge is 0.472 e. The van der Waals surface area contributed by atoms with Crippen LogP contribution in [0.1, 0.15) is 0 Å². The van der Waals surface area contributed by atoms with Crippen molar-refractivity contribution >= 4 is 56.1 Å². The smallest absolute Gasteiger partial charge is 0.386 e. The van der Waals surface area contributed by atoms with Crippen LogP contribution in [0.2, 0.25) is 0 Å². The topological polar surface area (TPSA) is 87.0 Å². The van der Waals surface area contributed by atoms with E-state index < -0.39 is 25.2 Å². The van der Waals surface area contributed by atoms with Crippen LogP contribution < -0.4 is 0 Å². The van der Waals surface area contributed by atoms with Crippen molar-refractivity contribution in [3.63, 3.8) is 0 Å². The van der Waals surface area contributed by atoms with E-state index >= 15 is 0 Å². The van der Waals surface area contributed by atoms with Crippen LogP contribution in [0.15, 0.2) is 4.36 Å². The summed E-state index contributed by atoms with van der Waals surface area (Å²) in [6.45, 7) is 0. The molecule has 0 amide bonds. The minimum absolute atomic E-state index is 1.66. The molecule has 2 N–H and O–H groups in total. The summed E-state index contributed by atoms with van der Waals surface area (Å²) in [6.07, 6.45) is 0. The zero-order chi connectivity index (χ0) is 9.94. The molecular weight excluding hydrogens is 252 g/mol. The van der Waals surface area contributed by atoms with E-state index in [1.165, 1.54) is 0 Å². The third kappa shape index (κ3) is 4.76. The molecule has 0 aromatic rings. The number of hydrogen-bond acceptors (Lipinski definition) is 3. The molecule has 0 aromatic heterocycles. The molecule has 0 aliphatic rings. The third-order valence-corrected chi connectivity index (χ3v) is 2.20. The molecular formula is C3H2Cl3NO4S. The maximum atomic E-state index is 10.2. The van der Waals surface area contributed by atoms with E-state index in [9.17, 15) is 9.59 Å². The zero-order valence-corrected chi connectivity index (χ0v) is 8.28. The Morgan fingerprint density at radius 2 is 1.50 bits per heavy atom. The highest BCUT2D eigenvalue weighted by Gasteiger charge is 2.25. The van der Waals surface area contributed by atoms with Gasteiger partial charge in [-0.05, 0) is 0 Å². The number of nitrogens with zero attached hydrogens (tertiary/aromatic N) is 1. The fourth-order valence-corrected chi connectivity index (χ4v) is 1.39. The lowest BCUT2D eigenvalue weighted by Gasteiger charge is -2.03. The van der Waals surface area contributed by atoms with Gasteiger partial charge in [-0.3, -0.25) is 0 Å². The Bertz CT molecular complexity index is 230. The van der Waals surface area contributed by atoms with Gasteiger partial charge in [-0.25, -0.2) is 9.59 Å². The molecule has 9 heteroatoms. The highest BCUT2D eigenvalue weighted by atomic mass is 35.6. The second-order valence-corrected chi connectivity index (χ2v) is 5.05. The second kappa shape index (κ2) is 4.27. The maximum absolute atomic E-state index is 10.2. The summed E-state index contributed by atoms with van der Waals surface area (Å²) in [6, 6.07) is 0. The Balaban J connectivity index is 4.88. The lowest BCUT2D eigenvalue weighted by atomic mass is 11.5. The van der Waals surface area contributed by atoms with Gasteiger partial charge in [0.25, 0.3) is 3.92 Å². The first-order chi connectivity index (χ1) is 5.24. The van der Waals surface area contributed by atoms with Crippen molar-refractivity contribution in [3.8, 4) is 0 Å². The Kier molecular flexibility index (Phi) is 4.25. The Morgan fingerprint density at radius 3 is 1.58 bits per heavy atom. The molecule has 0 atom stereocenters. The fourth-order valence-electron chi connectivity index (χ4n) is 0.256. The van der Waals surface area contributed by atoms with E-state index in [0.29, 0.717) is 0 Å². The van der Waals surface area contributed by atoms with Crippen LogP contribution in [0.25, 0.3) is 0 Å². The average molecular weight is 254 g/mol. The number of halogens is 3. The molecule has 0 spiro atoms. The predicted octanol–water partition coefficient (Wildman–Crippen LogP) is 2.47. The van der Waals surface area contributed by atoms with Gasteiger partial charge in [-0.15, -0.1) is 0 Å². The summed E-state index contributed by atoms with van der Waals surface area (Å²) >= 11 is 15.2. The molecule has 70 valence electrons. The van der Waals surface area contributed by atoms with Crippen LogP contribution in [-0.2, 0) is 10.7 Å². The zero-order valence-electron chi connectivity index (χ0n) is 5.20. The van der Waals surface area contributed by atoms with Crippen LogP contribution in [0.5, 0.6) is 0 Å². The van der Waals surface area contributed by atoms with E-state index in [1.54, 1.807) is 0 Å². The van der Waals surface area contributed by atoms with Crippen molar-refractivity contribution in [2.75, 3.05) is 0 Å². The van der Waals surface area contributed by atoms with Gasteiger partial charge in [0.05, 0.1) is 0 Å². The van der Waals surface area contributed by atoms with Crippen LogP contribution in [0.3, 0.4) is 0 Å². The van der Waals surface area contributed by atoms with Crippen molar-refractivity contribution in [2.45, 2.75) is 3.92 Å². The highest BCUT2D eigenvalue weighted by molar-refractivity contribution is 8.14. The van der Waals surface area contributed by atoms with E-state index in [-0.39, 0.29) is 0 Å². The molecule has 0 unspecified atom stereocenters. The molecule has 0 aliphatic carbocycles. The number of hydrogen-bond donors (Lipinski definition) is 2. The summed E-state index contributed by atoms with van der Waals surface area (Å²) in [5.74, 6) is 0. The molecule has 0 bridgehead atoms. The molecule has 12 heavy (non-hydrogen) atoms. The standard InChI is InChI=1S/C3H2Cl3NO4S/c4-3(5,6)7-12(1(8)9)2(10)11/h(H,8,9)(H,10,11). The van der Waals surface area contributed by atoms with E-state index in [0.717, 1.165) is 0 Å². The summed E-state index contributed by atoms with van der Waals surface area (Å²) in [5.41, 5.74) is 0. The minimum atomic E-state index is -2.33. The maximum Gasteiger partial charge on any atom is 0.386 e. The van der Waals surface area contributed by atoms with Crippen molar-refractivity contribution in [2.24, 2.45) is 4.36 Å². The molecule has 0 saturated heterocycles. The fraction of sp³-hybridized carbons (Fsp3) is 0.333. The van der Waals surface area contributed by atoms with Gasteiger partial charge >= 0.3 is 10.6 Å². The first kappa shape index (κ1) is 12.0. The highest BCUT2D eigenvalue weighted by Crippen LogP contribution is 2.28.